The third-order valence-corrected chi connectivity index (χ3v) is 6.41. The Labute approximate surface area is 141 Å². The molecular weight excluding hydrogens is 328 g/mol. The van der Waals surface area contributed by atoms with Crippen molar-refractivity contribution in [2.24, 2.45) is 0 Å². The Hall–Kier alpha value is -1.89. The monoisotopic (exact) mass is 350 g/mol. The number of nitrogens with one attached hydrogen (secondary N) is 2. The lowest BCUT2D eigenvalue weighted by atomic mass is 10.1. The van der Waals surface area contributed by atoms with Crippen LogP contribution in [0.3, 0.4) is 0 Å². The number of carbonyl (C=O) groups is 2. The lowest BCUT2D eigenvalue weighted by molar-refractivity contribution is 0.0937. The molecule has 1 aromatic rings. The Morgan fingerprint density at radius 1 is 0.917 bits per heavy atom. The number of rotatable bonds is 4. The van der Waals surface area contributed by atoms with Gasteiger partial charge in [-0.15, -0.1) is 0 Å². The van der Waals surface area contributed by atoms with E-state index in [4.69, 9.17) is 0 Å². The minimum absolute atomic E-state index is 0.0133. The second-order valence-electron chi connectivity index (χ2n) is 6.61. The van der Waals surface area contributed by atoms with E-state index < -0.39 is 9.84 Å². The van der Waals surface area contributed by atoms with E-state index in [1.807, 2.05) is 0 Å². The van der Waals surface area contributed by atoms with Crippen molar-refractivity contribution in [3.05, 3.63) is 35.4 Å². The van der Waals surface area contributed by atoms with Crippen LogP contribution in [0.1, 0.15) is 52.8 Å². The highest BCUT2D eigenvalue weighted by Gasteiger charge is 2.29. The second kappa shape index (κ2) is 6.93. The smallest absolute Gasteiger partial charge is 0.251 e. The van der Waals surface area contributed by atoms with Crippen molar-refractivity contribution >= 4 is 21.7 Å². The summed E-state index contributed by atoms with van der Waals surface area (Å²) in [7, 11) is -3.04. The molecule has 2 aliphatic rings. The van der Waals surface area contributed by atoms with Crippen LogP contribution < -0.4 is 10.6 Å². The number of sulfone groups is 1. The van der Waals surface area contributed by atoms with Crippen LogP contribution in [0.5, 0.6) is 0 Å². The SMILES string of the molecule is O=C(NC1CCCC1)c1cccc(C(=O)NC2CCS(=O)(=O)C2)c1. The summed E-state index contributed by atoms with van der Waals surface area (Å²) < 4.78 is 22.9. The largest absolute Gasteiger partial charge is 0.349 e. The lowest BCUT2D eigenvalue weighted by Crippen LogP contribution is -2.36. The Kier molecular flexibility index (Phi) is 4.89. The predicted octanol–water partition coefficient (Wildman–Crippen LogP) is 1.28. The molecule has 1 heterocycles. The molecule has 1 saturated heterocycles. The molecule has 2 fully saturated rings. The van der Waals surface area contributed by atoms with E-state index in [2.05, 4.69) is 10.6 Å². The van der Waals surface area contributed by atoms with Crippen LogP contribution in [0.15, 0.2) is 24.3 Å². The maximum atomic E-state index is 12.3. The van der Waals surface area contributed by atoms with Gasteiger partial charge in [0.1, 0.15) is 0 Å². The van der Waals surface area contributed by atoms with Gasteiger partial charge in [0.25, 0.3) is 11.8 Å². The molecule has 0 bridgehead atoms. The minimum atomic E-state index is -3.04. The molecular formula is C17H22N2O4S. The zero-order valence-electron chi connectivity index (χ0n) is 13.5. The van der Waals surface area contributed by atoms with Crippen LogP contribution >= 0.6 is 0 Å². The van der Waals surface area contributed by atoms with E-state index in [0.717, 1.165) is 25.7 Å². The molecule has 1 unspecified atom stereocenters. The summed E-state index contributed by atoms with van der Waals surface area (Å²) in [6.45, 7) is 0. The molecule has 2 amide bonds. The summed E-state index contributed by atoms with van der Waals surface area (Å²) in [5, 5.41) is 5.74. The second-order valence-corrected chi connectivity index (χ2v) is 8.84. The van der Waals surface area contributed by atoms with Crippen LogP contribution in [0, 0.1) is 0 Å². The van der Waals surface area contributed by atoms with Crippen LogP contribution in [-0.2, 0) is 9.84 Å². The quantitative estimate of drug-likeness (QED) is 0.855. The molecule has 1 aliphatic carbocycles. The molecule has 7 heteroatoms. The van der Waals surface area contributed by atoms with Crippen LogP contribution in [0.25, 0.3) is 0 Å². The summed E-state index contributed by atoms with van der Waals surface area (Å²) in [5.74, 6) is -0.407. The highest BCUT2D eigenvalue weighted by Crippen LogP contribution is 2.18. The molecule has 1 aromatic carbocycles. The van der Waals surface area contributed by atoms with Gasteiger partial charge in [-0.2, -0.15) is 0 Å². The van der Waals surface area contributed by atoms with Gasteiger partial charge in [-0.3, -0.25) is 9.59 Å². The van der Waals surface area contributed by atoms with Crippen molar-refractivity contribution in [2.75, 3.05) is 11.5 Å². The van der Waals surface area contributed by atoms with E-state index in [0.29, 0.717) is 17.5 Å². The fraction of sp³-hybridized carbons (Fsp3) is 0.529. The molecule has 0 radical (unpaired) electrons. The van der Waals surface area contributed by atoms with Gasteiger partial charge in [-0.05, 0) is 37.5 Å². The van der Waals surface area contributed by atoms with Crippen molar-refractivity contribution in [1.29, 1.82) is 0 Å². The van der Waals surface area contributed by atoms with Crippen LogP contribution in [0.2, 0.25) is 0 Å². The van der Waals surface area contributed by atoms with Gasteiger partial charge in [0.05, 0.1) is 11.5 Å². The van der Waals surface area contributed by atoms with Gasteiger partial charge in [0.2, 0.25) is 0 Å². The zero-order valence-corrected chi connectivity index (χ0v) is 14.3. The minimum Gasteiger partial charge on any atom is -0.349 e. The van der Waals surface area contributed by atoms with E-state index in [1.165, 1.54) is 0 Å². The first kappa shape index (κ1) is 17.0. The van der Waals surface area contributed by atoms with Crippen molar-refractivity contribution in [3.8, 4) is 0 Å². The molecule has 1 atom stereocenters. The van der Waals surface area contributed by atoms with Gasteiger partial charge >= 0.3 is 0 Å². The molecule has 1 aliphatic heterocycles. The molecule has 0 spiro atoms. The average Bonchev–Trinajstić information content (AvgIpc) is 3.17. The lowest BCUT2D eigenvalue weighted by Gasteiger charge is -2.13. The van der Waals surface area contributed by atoms with Crippen LogP contribution in [0.4, 0.5) is 0 Å². The third-order valence-electron chi connectivity index (χ3n) is 4.64. The summed E-state index contributed by atoms with van der Waals surface area (Å²) in [5.41, 5.74) is 0.826. The predicted molar refractivity (Wildman–Crippen MR) is 90.7 cm³/mol. The van der Waals surface area contributed by atoms with Crippen molar-refractivity contribution in [1.82, 2.24) is 10.6 Å². The summed E-state index contributed by atoms with van der Waals surface area (Å²) >= 11 is 0. The summed E-state index contributed by atoms with van der Waals surface area (Å²) in [4.78, 5) is 24.6. The Morgan fingerprint density at radius 2 is 1.50 bits per heavy atom. The first-order valence-electron chi connectivity index (χ1n) is 8.35. The number of hydrogen-bond acceptors (Lipinski definition) is 4. The number of amides is 2. The molecule has 6 nitrogen and oxygen atoms in total. The number of hydrogen-bond donors (Lipinski definition) is 2. The van der Waals surface area contributed by atoms with Gasteiger partial charge in [0, 0.05) is 23.2 Å². The normalized spacial score (nSPS) is 23.1. The van der Waals surface area contributed by atoms with E-state index >= 15 is 0 Å². The molecule has 24 heavy (non-hydrogen) atoms. The van der Waals surface area contributed by atoms with E-state index in [-0.39, 0.29) is 35.4 Å². The summed E-state index contributed by atoms with van der Waals surface area (Å²) in [6, 6.07) is 6.41. The molecule has 130 valence electrons. The standard InChI is InChI=1S/C17H22N2O4S/c20-16(18-14-6-1-2-7-14)12-4-3-5-13(10-12)17(21)19-15-8-9-24(22,23)11-15/h3-5,10,14-15H,1-2,6-9,11H2,(H,18,20)(H,19,21). The fourth-order valence-corrected chi connectivity index (χ4v) is 4.99. The first-order valence-corrected chi connectivity index (χ1v) is 10.2. The fourth-order valence-electron chi connectivity index (χ4n) is 3.32. The molecule has 0 aromatic heterocycles. The van der Waals surface area contributed by atoms with Crippen LogP contribution in [-0.4, -0.2) is 43.8 Å². The summed E-state index contributed by atoms with van der Waals surface area (Å²) in [6.07, 6.45) is 4.72. The van der Waals surface area contributed by atoms with Gasteiger partial charge in [-0.1, -0.05) is 18.9 Å². The molecule has 2 N–H and O–H groups in total. The Bertz CT molecular complexity index is 739. The highest BCUT2D eigenvalue weighted by atomic mass is 32.2. The third kappa shape index (κ3) is 4.14. The van der Waals surface area contributed by atoms with E-state index in [1.54, 1.807) is 24.3 Å². The zero-order chi connectivity index (χ0) is 17.2. The van der Waals surface area contributed by atoms with Gasteiger partial charge in [0.15, 0.2) is 9.84 Å². The Morgan fingerprint density at radius 3 is 2.04 bits per heavy atom. The average molecular weight is 350 g/mol. The number of carbonyl (C=O) groups excluding carboxylic acids is 2. The van der Waals surface area contributed by atoms with E-state index in [9.17, 15) is 18.0 Å². The molecule has 1 saturated carbocycles. The van der Waals surface area contributed by atoms with Crippen molar-refractivity contribution in [2.45, 2.75) is 44.2 Å². The molecule has 3 rings (SSSR count). The maximum Gasteiger partial charge on any atom is 0.251 e. The topological polar surface area (TPSA) is 92.3 Å². The maximum absolute atomic E-state index is 12.3. The first-order chi connectivity index (χ1) is 11.4. The van der Waals surface area contributed by atoms with Gasteiger partial charge in [-0.25, -0.2) is 8.42 Å². The Balaban J connectivity index is 1.63. The van der Waals surface area contributed by atoms with Gasteiger partial charge < -0.3 is 10.6 Å². The highest BCUT2D eigenvalue weighted by molar-refractivity contribution is 7.91. The van der Waals surface area contributed by atoms with Crippen molar-refractivity contribution in [3.63, 3.8) is 0 Å². The van der Waals surface area contributed by atoms with Crippen molar-refractivity contribution < 1.29 is 18.0 Å². The number of benzene rings is 1.